The van der Waals surface area contributed by atoms with E-state index in [2.05, 4.69) is 15.6 Å². The Morgan fingerprint density at radius 3 is 2.78 bits per heavy atom. The summed E-state index contributed by atoms with van der Waals surface area (Å²) in [6.07, 6.45) is 3.52. The minimum atomic E-state index is -0.0738. The maximum absolute atomic E-state index is 12.7. The highest BCUT2D eigenvalue weighted by atomic mass is 35.5. The number of aromatic nitrogens is 1. The molecule has 1 saturated heterocycles. The summed E-state index contributed by atoms with van der Waals surface area (Å²) < 4.78 is 0. The molecule has 1 aliphatic heterocycles. The Morgan fingerprint density at radius 2 is 2.09 bits per heavy atom. The van der Waals surface area contributed by atoms with Gasteiger partial charge in [-0.3, -0.25) is 9.78 Å². The van der Waals surface area contributed by atoms with Crippen molar-refractivity contribution in [3.63, 3.8) is 0 Å². The monoisotopic (exact) mass is 329 g/mol. The van der Waals surface area contributed by atoms with E-state index in [9.17, 15) is 4.79 Å². The van der Waals surface area contributed by atoms with Crippen LogP contribution in [0, 0.1) is 5.92 Å². The van der Waals surface area contributed by atoms with Crippen LogP contribution in [0.25, 0.3) is 0 Å². The van der Waals surface area contributed by atoms with Crippen molar-refractivity contribution < 1.29 is 4.79 Å². The van der Waals surface area contributed by atoms with E-state index in [0.29, 0.717) is 11.6 Å². The number of hydrogen-bond acceptors (Lipinski definition) is 3. The fourth-order valence-corrected chi connectivity index (χ4v) is 3.18. The molecule has 0 saturated carbocycles. The van der Waals surface area contributed by atoms with Gasteiger partial charge >= 0.3 is 0 Å². The van der Waals surface area contributed by atoms with E-state index in [0.717, 1.165) is 17.7 Å². The lowest BCUT2D eigenvalue weighted by Gasteiger charge is -2.21. The number of hydrogen-bond donors (Lipinski definition) is 2. The van der Waals surface area contributed by atoms with Crippen molar-refractivity contribution in [1.29, 1.82) is 0 Å². The van der Waals surface area contributed by atoms with Crippen LogP contribution in [0.4, 0.5) is 0 Å². The van der Waals surface area contributed by atoms with Crippen molar-refractivity contribution in [2.75, 3.05) is 13.1 Å². The molecule has 1 fully saturated rings. The van der Waals surface area contributed by atoms with Gasteiger partial charge in [0.2, 0.25) is 5.91 Å². The highest BCUT2D eigenvalue weighted by molar-refractivity contribution is 6.30. The molecule has 5 heteroatoms. The van der Waals surface area contributed by atoms with Crippen molar-refractivity contribution in [3.8, 4) is 0 Å². The molecule has 1 amide bonds. The summed E-state index contributed by atoms with van der Waals surface area (Å²) in [5.41, 5.74) is 2.16. The fourth-order valence-electron chi connectivity index (χ4n) is 3.05. The van der Waals surface area contributed by atoms with Crippen LogP contribution in [0.1, 0.15) is 30.0 Å². The first kappa shape index (κ1) is 16.0. The lowest BCUT2D eigenvalue weighted by Crippen LogP contribution is -2.36. The summed E-state index contributed by atoms with van der Waals surface area (Å²) in [6.45, 7) is 3.48. The number of halogens is 1. The van der Waals surface area contributed by atoms with Gasteiger partial charge in [-0.1, -0.05) is 29.8 Å². The van der Waals surface area contributed by atoms with Crippen LogP contribution in [-0.4, -0.2) is 24.0 Å². The molecule has 2 aromatic rings. The summed E-state index contributed by atoms with van der Waals surface area (Å²) in [6, 6.07) is 11.6. The van der Waals surface area contributed by atoms with Gasteiger partial charge in [-0.15, -0.1) is 0 Å². The van der Waals surface area contributed by atoms with Gasteiger partial charge in [0.15, 0.2) is 0 Å². The normalized spacial score (nSPS) is 21.8. The molecule has 3 rings (SSSR count). The van der Waals surface area contributed by atoms with E-state index in [-0.39, 0.29) is 23.8 Å². The van der Waals surface area contributed by atoms with Crippen LogP contribution in [0.15, 0.2) is 48.8 Å². The first-order valence-corrected chi connectivity index (χ1v) is 8.19. The zero-order valence-corrected chi connectivity index (χ0v) is 13.8. The predicted octanol–water partition coefficient (Wildman–Crippen LogP) is 2.92. The Labute approximate surface area is 141 Å². The Bertz CT molecular complexity index is 660. The smallest absolute Gasteiger partial charge is 0.225 e. The van der Waals surface area contributed by atoms with Gasteiger partial charge in [0.25, 0.3) is 0 Å². The highest BCUT2D eigenvalue weighted by Crippen LogP contribution is 2.29. The molecule has 3 atom stereocenters. The van der Waals surface area contributed by atoms with Crippen molar-refractivity contribution in [2.45, 2.75) is 18.9 Å². The van der Waals surface area contributed by atoms with E-state index >= 15 is 0 Å². The lowest BCUT2D eigenvalue weighted by atomic mass is 9.88. The number of nitrogens with one attached hydrogen (secondary N) is 2. The predicted molar refractivity (Wildman–Crippen MR) is 91.3 cm³/mol. The number of amides is 1. The van der Waals surface area contributed by atoms with Crippen LogP contribution in [0.5, 0.6) is 0 Å². The Kier molecular flexibility index (Phi) is 4.94. The lowest BCUT2D eigenvalue weighted by molar-refractivity contribution is -0.125. The standard InChI is InChI=1S/C18H20ClN3O/c1-12(14-3-2-8-20-9-14)22-18(23)17-11-21-10-16(17)13-4-6-15(19)7-5-13/h2-9,12,16-17,21H,10-11H2,1H3,(H,22,23)/t12-,16-,17+/m0/s1. The van der Waals surface area contributed by atoms with Gasteiger partial charge in [-0.05, 0) is 36.2 Å². The molecule has 0 radical (unpaired) electrons. The molecule has 1 aliphatic rings. The number of nitrogens with zero attached hydrogens (tertiary/aromatic N) is 1. The van der Waals surface area contributed by atoms with Crippen LogP contribution >= 0.6 is 11.6 Å². The van der Waals surface area contributed by atoms with Crippen LogP contribution in [0.2, 0.25) is 5.02 Å². The average molecular weight is 330 g/mol. The third kappa shape index (κ3) is 3.71. The number of pyridine rings is 1. The van der Waals surface area contributed by atoms with Crippen LogP contribution in [0.3, 0.4) is 0 Å². The second kappa shape index (κ2) is 7.11. The highest BCUT2D eigenvalue weighted by Gasteiger charge is 2.34. The van der Waals surface area contributed by atoms with Crippen LogP contribution in [-0.2, 0) is 4.79 Å². The molecule has 1 aromatic carbocycles. The van der Waals surface area contributed by atoms with Gasteiger partial charge in [-0.2, -0.15) is 0 Å². The largest absolute Gasteiger partial charge is 0.349 e. The first-order chi connectivity index (χ1) is 11.1. The van der Waals surface area contributed by atoms with E-state index < -0.39 is 0 Å². The van der Waals surface area contributed by atoms with E-state index in [4.69, 9.17) is 11.6 Å². The van der Waals surface area contributed by atoms with Crippen molar-refractivity contribution in [2.24, 2.45) is 5.92 Å². The minimum absolute atomic E-state index is 0.0531. The number of rotatable bonds is 4. The maximum Gasteiger partial charge on any atom is 0.225 e. The molecule has 0 bridgehead atoms. The van der Waals surface area contributed by atoms with Gasteiger partial charge in [0.05, 0.1) is 12.0 Å². The summed E-state index contributed by atoms with van der Waals surface area (Å²) in [7, 11) is 0. The molecule has 4 nitrogen and oxygen atoms in total. The maximum atomic E-state index is 12.7. The SMILES string of the molecule is C[C@H](NC(=O)[C@@H]1CNC[C@H]1c1ccc(Cl)cc1)c1cccnc1. The molecular formula is C18H20ClN3O. The van der Waals surface area contributed by atoms with Gasteiger partial charge < -0.3 is 10.6 Å². The molecular weight excluding hydrogens is 310 g/mol. The Morgan fingerprint density at radius 1 is 1.30 bits per heavy atom. The molecule has 0 aliphatic carbocycles. The second-order valence-corrected chi connectivity index (χ2v) is 6.38. The molecule has 2 heterocycles. The molecule has 1 aromatic heterocycles. The van der Waals surface area contributed by atoms with Crippen molar-refractivity contribution >= 4 is 17.5 Å². The molecule has 0 spiro atoms. The summed E-state index contributed by atoms with van der Waals surface area (Å²) in [5.74, 6) is 0.176. The molecule has 23 heavy (non-hydrogen) atoms. The fraction of sp³-hybridized carbons (Fsp3) is 0.333. The molecule has 0 unspecified atom stereocenters. The zero-order chi connectivity index (χ0) is 16.2. The Balaban J connectivity index is 1.69. The van der Waals surface area contributed by atoms with Gasteiger partial charge in [-0.25, -0.2) is 0 Å². The summed E-state index contributed by atoms with van der Waals surface area (Å²) >= 11 is 5.95. The van der Waals surface area contributed by atoms with Crippen LogP contribution < -0.4 is 10.6 Å². The third-order valence-corrected chi connectivity index (χ3v) is 4.64. The topological polar surface area (TPSA) is 54.0 Å². The number of carbonyl (C=O) groups excluding carboxylic acids is 1. The third-order valence-electron chi connectivity index (χ3n) is 4.39. The quantitative estimate of drug-likeness (QED) is 0.907. The Hall–Kier alpha value is -1.91. The number of benzene rings is 1. The van der Waals surface area contributed by atoms with E-state index in [1.807, 2.05) is 43.3 Å². The number of carbonyl (C=O) groups is 1. The van der Waals surface area contributed by atoms with Gasteiger partial charge in [0, 0.05) is 36.4 Å². The zero-order valence-electron chi connectivity index (χ0n) is 13.0. The summed E-state index contributed by atoms with van der Waals surface area (Å²) in [4.78, 5) is 16.8. The average Bonchev–Trinajstić information content (AvgIpc) is 3.06. The van der Waals surface area contributed by atoms with Crippen molar-refractivity contribution in [1.82, 2.24) is 15.6 Å². The van der Waals surface area contributed by atoms with E-state index in [1.54, 1.807) is 12.4 Å². The minimum Gasteiger partial charge on any atom is -0.349 e. The first-order valence-electron chi connectivity index (χ1n) is 7.81. The van der Waals surface area contributed by atoms with Gasteiger partial charge in [0.1, 0.15) is 0 Å². The van der Waals surface area contributed by atoms with Crippen molar-refractivity contribution in [3.05, 3.63) is 64.9 Å². The second-order valence-electron chi connectivity index (χ2n) is 5.94. The molecule has 2 N–H and O–H groups in total. The summed E-state index contributed by atoms with van der Waals surface area (Å²) in [5, 5.41) is 7.14. The van der Waals surface area contributed by atoms with E-state index in [1.165, 1.54) is 0 Å². The molecule has 120 valence electrons.